The zero-order valence-electron chi connectivity index (χ0n) is 19.2. The molecule has 2 N–H and O–H groups in total. The van der Waals surface area contributed by atoms with Gasteiger partial charge in [0.15, 0.2) is 0 Å². The molecule has 36 heavy (non-hydrogen) atoms. The Morgan fingerprint density at radius 1 is 1.03 bits per heavy atom. The number of carbonyl (C=O) groups excluding carboxylic acids is 2. The Labute approximate surface area is 217 Å². The van der Waals surface area contributed by atoms with Gasteiger partial charge in [0.05, 0.1) is 29.7 Å². The number of amides is 2. The van der Waals surface area contributed by atoms with E-state index in [1.807, 2.05) is 6.07 Å². The second kappa shape index (κ2) is 9.24. The minimum absolute atomic E-state index is 0.00597. The first-order chi connectivity index (χ1) is 17.3. The van der Waals surface area contributed by atoms with E-state index < -0.39 is 41.2 Å². The van der Waals surface area contributed by atoms with E-state index in [0.717, 1.165) is 10.5 Å². The SMILES string of the molecule is COc1cccc(C2NC(Cc3ccccc3)(C(=O)O)C3C(=O)N(c4ccc(Cl)cc4Cl)C(=O)C23)c1. The third kappa shape index (κ3) is 3.84. The van der Waals surface area contributed by atoms with E-state index >= 15 is 0 Å². The maximum atomic E-state index is 13.9. The molecule has 0 saturated carbocycles. The minimum Gasteiger partial charge on any atom is -0.497 e. The molecule has 2 heterocycles. The van der Waals surface area contributed by atoms with Crippen molar-refractivity contribution in [1.29, 1.82) is 0 Å². The number of methoxy groups -OCH3 is 1. The van der Waals surface area contributed by atoms with Gasteiger partial charge in [-0.25, -0.2) is 4.90 Å². The average Bonchev–Trinajstić information content (AvgIpc) is 3.34. The van der Waals surface area contributed by atoms with Gasteiger partial charge in [-0.15, -0.1) is 0 Å². The molecule has 5 rings (SSSR count). The molecule has 7 nitrogen and oxygen atoms in total. The minimum atomic E-state index is -1.74. The molecule has 0 aliphatic carbocycles. The Bertz CT molecular complexity index is 1370. The highest BCUT2D eigenvalue weighted by molar-refractivity contribution is 6.38. The van der Waals surface area contributed by atoms with Crippen molar-refractivity contribution in [3.63, 3.8) is 0 Å². The molecule has 2 amide bonds. The van der Waals surface area contributed by atoms with Crippen molar-refractivity contribution in [3.8, 4) is 5.75 Å². The highest BCUT2D eigenvalue weighted by Gasteiger charge is 2.68. The van der Waals surface area contributed by atoms with Crippen LogP contribution in [0.5, 0.6) is 5.75 Å². The fourth-order valence-electron chi connectivity index (χ4n) is 5.38. The molecule has 3 aromatic carbocycles. The fourth-order valence-corrected chi connectivity index (χ4v) is 5.87. The molecule has 2 fully saturated rings. The summed E-state index contributed by atoms with van der Waals surface area (Å²) in [6, 6.07) is 19.8. The lowest BCUT2D eigenvalue weighted by Crippen LogP contribution is -2.57. The van der Waals surface area contributed by atoms with E-state index in [2.05, 4.69) is 5.32 Å². The van der Waals surface area contributed by atoms with Crippen LogP contribution in [0.4, 0.5) is 5.69 Å². The van der Waals surface area contributed by atoms with Gasteiger partial charge in [-0.2, -0.15) is 0 Å². The molecular weight excluding hydrogens is 503 g/mol. The number of halogens is 2. The van der Waals surface area contributed by atoms with Gasteiger partial charge >= 0.3 is 5.97 Å². The van der Waals surface area contributed by atoms with Crippen molar-refractivity contribution in [2.45, 2.75) is 18.0 Å². The maximum absolute atomic E-state index is 13.9. The molecule has 4 atom stereocenters. The topological polar surface area (TPSA) is 95.9 Å². The number of nitrogens with one attached hydrogen (secondary N) is 1. The van der Waals surface area contributed by atoms with Crippen LogP contribution in [0.25, 0.3) is 0 Å². The van der Waals surface area contributed by atoms with E-state index in [9.17, 15) is 19.5 Å². The number of carbonyl (C=O) groups is 3. The number of carboxylic acid groups (broad SMARTS) is 1. The van der Waals surface area contributed by atoms with E-state index in [4.69, 9.17) is 27.9 Å². The quantitative estimate of drug-likeness (QED) is 0.460. The van der Waals surface area contributed by atoms with Crippen LogP contribution in [-0.2, 0) is 20.8 Å². The summed E-state index contributed by atoms with van der Waals surface area (Å²) in [5.74, 6) is -3.95. The molecule has 9 heteroatoms. The standard InChI is InChI=1S/C27H22Cl2N2O5/c1-36-18-9-5-8-16(12-18)23-21-22(27(30-23,26(34)35)14-15-6-3-2-4-7-15)25(33)31(24(21)32)20-11-10-17(28)13-19(20)29/h2-13,21-23,30H,14H2,1H3,(H,34,35). The number of hydrogen-bond donors (Lipinski definition) is 2. The lowest BCUT2D eigenvalue weighted by molar-refractivity contribution is -0.148. The monoisotopic (exact) mass is 524 g/mol. The molecule has 0 aromatic heterocycles. The molecule has 4 unspecified atom stereocenters. The molecule has 2 saturated heterocycles. The van der Waals surface area contributed by atoms with Crippen molar-refractivity contribution >= 4 is 46.7 Å². The number of carboxylic acids is 1. The number of benzene rings is 3. The fraction of sp³-hybridized carbons (Fsp3) is 0.222. The third-order valence-corrected chi connectivity index (χ3v) is 7.50. The van der Waals surface area contributed by atoms with Gasteiger partial charge in [-0.3, -0.25) is 19.7 Å². The number of ether oxygens (including phenoxy) is 1. The summed E-state index contributed by atoms with van der Waals surface area (Å²) < 4.78 is 5.35. The molecule has 0 bridgehead atoms. The number of hydrogen-bond acceptors (Lipinski definition) is 5. The molecule has 2 aliphatic heterocycles. The van der Waals surface area contributed by atoms with Gasteiger partial charge in [-0.1, -0.05) is 65.7 Å². The van der Waals surface area contributed by atoms with Crippen LogP contribution in [0.15, 0.2) is 72.8 Å². The van der Waals surface area contributed by atoms with Crippen molar-refractivity contribution in [2.75, 3.05) is 12.0 Å². The Morgan fingerprint density at radius 2 is 1.78 bits per heavy atom. The van der Waals surface area contributed by atoms with E-state index in [1.54, 1.807) is 48.5 Å². The van der Waals surface area contributed by atoms with Gasteiger partial charge in [0, 0.05) is 17.5 Å². The number of imide groups is 1. The van der Waals surface area contributed by atoms with Gasteiger partial charge in [0.2, 0.25) is 11.8 Å². The van der Waals surface area contributed by atoms with Gasteiger partial charge in [0.1, 0.15) is 11.3 Å². The molecule has 2 aliphatic rings. The highest BCUT2D eigenvalue weighted by Crippen LogP contribution is 2.52. The largest absolute Gasteiger partial charge is 0.497 e. The number of anilines is 1. The lowest BCUT2D eigenvalue weighted by Gasteiger charge is -2.31. The van der Waals surface area contributed by atoms with E-state index in [0.29, 0.717) is 16.3 Å². The van der Waals surface area contributed by atoms with Crippen molar-refractivity contribution < 1.29 is 24.2 Å². The van der Waals surface area contributed by atoms with Crippen molar-refractivity contribution in [1.82, 2.24) is 5.32 Å². The van der Waals surface area contributed by atoms with Crippen LogP contribution in [0.3, 0.4) is 0 Å². The van der Waals surface area contributed by atoms with Gasteiger partial charge in [0.25, 0.3) is 0 Å². The maximum Gasteiger partial charge on any atom is 0.325 e. The second-order valence-corrected chi connectivity index (χ2v) is 9.79. The number of aliphatic carboxylic acids is 1. The molecule has 0 spiro atoms. The number of rotatable bonds is 6. The van der Waals surface area contributed by atoms with Crippen LogP contribution >= 0.6 is 23.2 Å². The smallest absolute Gasteiger partial charge is 0.325 e. The first-order valence-electron chi connectivity index (χ1n) is 11.3. The molecule has 184 valence electrons. The van der Waals surface area contributed by atoms with Gasteiger partial charge in [-0.05, 0) is 41.5 Å². The molecule has 3 aromatic rings. The predicted octanol–water partition coefficient (Wildman–Crippen LogP) is 4.52. The summed E-state index contributed by atoms with van der Waals surface area (Å²) in [5, 5.41) is 14.3. The zero-order chi connectivity index (χ0) is 25.6. The highest BCUT2D eigenvalue weighted by atomic mass is 35.5. The zero-order valence-corrected chi connectivity index (χ0v) is 20.7. The summed E-state index contributed by atoms with van der Waals surface area (Å²) in [4.78, 5) is 41.8. The Hall–Kier alpha value is -3.39. The summed E-state index contributed by atoms with van der Waals surface area (Å²) in [5.41, 5.74) is -0.194. The first-order valence-corrected chi connectivity index (χ1v) is 12.0. The van der Waals surface area contributed by atoms with Gasteiger partial charge < -0.3 is 9.84 Å². The van der Waals surface area contributed by atoms with Crippen molar-refractivity contribution in [2.24, 2.45) is 11.8 Å². The normalized spacial score (nSPS) is 25.2. The third-order valence-electron chi connectivity index (χ3n) is 6.97. The summed E-state index contributed by atoms with van der Waals surface area (Å²) in [6.07, 6.45) is 0.00597. The molecule has 0 radical (unpaired) electrons. The second-order valence-electron chi connectivity index (χ2n) is 8.95. The predicted molar refractivity (Wildman–Crippen MR) is 135 cm³/mol. The summed E-state index contributed by atoms with van der Waals surface area (Å²) in [6.45, 7) is 0. The van der Waals surface area contributed by atoms with Crippen LogP contribution in [0.1, 0.15) is 17.2 Å². The molecular formula is C27H22Cl2N2O5. The average molecular weight is 525 g/mol. The Kier molecular flexibility index (Phi) is 6.24. The number of nitrogens with zero attached hydrogens (tertiary/aromatic N) is 1. The summed E-state index contributed by atoms with van der Waals surface area (Å²) >= 11 is 12.4. The lowest BCUT2D eigenvalue weighted by atomic mass is 9.76. The van der Waals surface area contributed by atoms with E-state index in [-0.39, 0.29) is 17.1 Å². The Balaban J connectivity index is 1.67. The van der Waals surface area contributed by atoms with Crippen molar-refractivity contribution in [3.05, 3.63) is 94.0 Å². The van der Waals surface area contributed by atoms with E-state index in [1.165, 1.54) is 25.3 Å². The first kappa shape index (κ1) is 24.3. The van der Waals surface area contributed by atoms with Crippen LogP contribution in [-0.4, -0.2) is 35.5 Å². The number of fused-ring (bicyclic) bond motifs is 1. The van der Waals surface area contributed by atoms with Crippen LogP contribution in [0, 0.1) is 11.8 Å². The Morgan fingerprint density at radius 3 is 2.44 bits per heavy atom. The van der Waals surface area contributed by atoms with Crippen LogP contribution < -0.4 is 15.0 Å². The summed E-state index contributed by atoms with van der Waals surface area (Å²) in [7, 11) is 1.52. The van der Waals surface area contributed by atoms with Crippen LogP contribution in [0.2, 0.25) is 10.0 Å².